The number of nitrogens with one attached hydrogen (secondary N) is 2. The van der Waals surface area contributed by atoms with Gasteiger partial charge in [0.2, 0.25) is 5.95 Å². The van der Waals surface area contributed by atoms with Crippen molar-refractivity contribution in [1.82, 2.24) is 14.9 Å². The first-order valence-electron chi connectivity index (χ1n) is 13.1. The van der Waals surface area contributed by atoms with Crippen LogP contribution in [0.3, 0.4) is 0 Å². The average Bonchev–Trinajstić information content (AvgIpc) is 3.37. The largest absolute Gasteiger partial charge is 0.494 e. The molecule has 0 unspecified atom stereocenters. The average molecular weight is 557 g/mol. The van der Waals surface area contributed by atoms with Crippen LogP contribution in [0.1, 0.15) is 19.3 Å². The predicted molar refractivity (Wildman–Crippen MR) is 158 cm³/mol. The molecule has 2 fully saturated rings. The number of likely N-dealkylation sites (tertiary alicyclic amines) is 1. The molecule has 3 aromatic rings. The molecule has 2 saturated heterocycles. The summed E-state index contributed by atoms with van der Waals surface area (Å²) in [4.78, 5) is 13.7. The molecule has 2 aliphatic rings. The molecule has 38 heavy (non-hydrogen) atoms. The van der Waals surface area contributed by atoms with Crippen molar-refractivity contribution in [1.29, 1.82) is 0 Å². The van der Waals surface area contributed by atoms with Gasteiger partial charge >= 0.3 is 0 Å². The summed E-state index contributed by atoms with van der Waals surface area (Å²) >= 11 is 6.44. The number of ether oxygens (including phenoxy) is 1. The van der Waals surface area contributed by atoms with Crippen molar-refractivity contribution in [2.75, 3.05) is 62.2 Å². The van der Waals surface area contributed by atoms with E-state index < -0.39 is 6.17 Å². The number of aromatic nitrogens is 2. The number of nitrogens with zero attached hydrogens (tertiary/aromatic N) is 4. The summed E-state index contributed by atoms with van der Waals surface area (Å²) in [6, 6.07) is 14.8. The van der Waals surface area contributed by atoms with Crippen molar-refractivity contribution in [3.8, 4) is 5.75 Å². The molecule has 2 N–H and O–H groups in total. The minimum Gasteiger partial charge on any atom is -0.494 e. The van der Waals surface area contributed by atoms with Crippen LogP contribution in [-0.4, -0.2) is 73.7 Å². The molecular weight excluding hydrogens is 522 g/mol. The number of halogens is 2. The Morgan fingerprint density at radius 2 is 1.82 bits per heavy atom. The summed E-state index contributed by atoms with van der Waals surface area (Å²) in [5.41, 5.74) is 2.88. The molecule has 0 amide bonds. The van der Waals surface area contributed by atoms with Crippen molar-refractivity contribution in [3.63, 3.8) is 0 Å². The SMILES string of the molecule is COc1cc(N2CCC(N3CC[C@@H](F)C3)CC2)ccc1Nc1ncc(Cl)c(Nc2ccccc2P(C)C)n1. The number of alkyl halides is 1. The van der Waals surface area contributed by atoms with Gasteiger partial charge in [0.05, 0.1) is 19.0 Å². The fourth-order valence-electron chi connectivity index (χ4n) is 5.28. The van der Waals surface area contributed by atoms with E-state index in [9.17, 15) is 4.39 Å². The Labute approximate surface area is 230 Å². The van der Waals surface area contributed by atoms with Crippen LogP contribution >= 0.6 is 19.5 Å². The lowest BCUT2D eigenvalue weighted by molar-refractivity contribution is 0.192. The monoisotopic (exact) mass is 556 g/mol. The van der Waals surface area contributed by atoms with Crippen molar-refractivity contribution >= 4 is 53.7 Å². The van der Waals surface area contributed by atoms with E-state index >= 15 is 0 Å². The van der Waals surface area contributed by atoms with Crippen molar-refractivity contribution < 1.29 is 9.13 Å². The zero-order valence-electron chi connectivity index (χ0n) is 22.1. The highest BCUT2D eigenvalue weighted by Crippen LogP contribution is 2.35. The van der Waals surface area contributed by atoms with E-state index in [4.69, 9.17) is 16.3 Å². The Morgan fingerprint density at radius 1 is 1.03 bits per heavy atom. The maximum absolute atomic E-state index is 13.6. The number of para-hydroxylation sites is 1. The number of rotatable bonds is 8. The number of piperidine rings is 1. The molecule has 2 aromatic carbocycles. The molecule has 5 rings (SSSR count). The van der Waals surface area contributed by atoms with Gasteiger partial charge < -0.3 is 20.3 Å². The van der Waals surface area contributed by atoms with E-state index in [1.54, 1.807) is 13.3 Å². The highest BCUT2D eigenvalue weighted by molar-refractivity contribution is 7.64. The fourth-order valence-corrected chi connectivity index (χ4v) is 6.41. The maximum Gasteiger partial charge on any atom is 0.229 e. The van der Waals surface area contributed by atoms with E-state index in [0.29, 0.717) is 41.5 Å². The van der Waals surface area contributed by atoms with Crippen LogP contribution in [0.5, 0.6) is 5.75 Å². The molecule has 0 radical (unpaired) electrons. The summed E-state index contributed by atoms with van der Waals surface area (Å²) in [6.07, 6.45) is 3.70. The molecule has 3 heterocycles. The first-order chi connectivity index (χ1) is 18.4. The normalized spacial score (nSPS) is 18.7. The van der Waals surface area contributed by atoms with Gasteiger partial charge in [-0.2, -0.15) is 4.98 Å². The molecule has 1 atom stereocenters. The van der Waals surface area contributed by atoms with E-state index in [1.165, 1.54) is 5.30 Å². The van der Waals surface area contributed by atoms with Crippen LogP contribution in [0, 0.1) is 0 Å². The van der Waals surface area contributed by atoms with Gasteiger partial charge in [0.25, 0.3) is 0 Å². The summed E-state index contributed by atoms with van der Waals surface area (Å²) in [5, 5.41) is 8.37. The Hall–Kier alpha value is -2.67. The second kappa shape index (κ2) is 12.0. The van der Waals surface area contributed by atoms with Crippen LogP contribution in [-0.2, 0) is 0 Å². The Kier molecular flexibility index (Phi) is 8.51. The van der Waals surface area contributed by atoms with Gasteiger partial charge in [-0.3, -0.25) is 4.90 Å². The van der Waals surface area contributed by atoms with Gasteiger partial charge in [-0.25, -0.2) is 9.37 Å². The standard InChI is InChI=1S/C28H35ClFN6OP/c1-37-25-16-21(35-14-11-20(12-15-35)36-13-10-19(30)18-36)8-9-23(25)33-28-31-17-22(29)27(34-28)32-24-6-4-5-7-26(24)38(2)3/h4-9,16-17,19-20H,10-15,18H2,1-3H3,(H2,31,32,33,34)/t19-/m1/s1. The minimum atomic E-state index is -0.662. The summed E-state index contributed by atoms with van der Waals surface area (Å²) in [7, 11) is 1.37. The first kappa shape index (κ1) is 26.9. The molecule has 0 saturated carbocycles. The van der Waals surface area contributed by atoms with E-state index in [1.807, 2.05) is 30.3 Å². The molecule has 7 nitrogen and oxygen atoms in total. The van der Waals surface area contributed by atoms with Gasteiger partial charge in [-0.05, 0) is 56.1 Å². The highest BCUT2D eigenvalue weighted by atomic mass is 35.5. The molecular formula is C28H35ClFN6OP. The van der Waals surface area contributed by atoms with Crippen molar-refractivity contribution in [2.45, 2.75) is 31.5 Å². The van der Waals surface area contributed by atoms with E-state index in [2.05, 4.69) is 55.9 Å². The quantitative estimate of drug-likeness (QED) is 0.330. The third kappa shape index (κ3) is 6.14. The topological polar surface area (TPSA) is 65.6 Å². The molecule has 1 aromatic heterocycles. The smallest absolute Gasteiger partial charge is 0.229 e. The van der Waals surface area contributed by atoms with Gasteiger partial charge in [-0.15, -0.1) is 0 Å². The lowest BCUT2D eigenvalue weighted by Gasteiger charge is -2.38. The fraction of sp³-hybridized carbons (Fsp3) is 0.429. The molecule has 0 aliphatic carbocycles. The van der Waals surface area contributed by atoms with Crippen LogP contribution < -0.4 is 25.6 Å². The van der Waals surface area contributed by atoms with Crippen molar-refractivity contribution in [2.24, 2.45) is 0 Å². The molecule has 10 heteroatoms. The highest BCUT2D eigenvalue weighted by Gasteiger charge is 2.30. The summed E-state index contributed by atoms with van der Waals surface area (Å²) in [5.74, 6) is 1.68. The van der Waals surface area contributed by atoms with Crippen LogP contribution in [0.2, 0.25) is 5.02 Å². The van der Waals surface area contributed by atoms with Crippen molar-refractivity contribution in [3.05, 3.63) is 53.7 Å². The van der Waals surface area contributed by atoms with Crippen LogP contribution in [0.15, 0.2) is 48.7 Å². The molecule has 2 aliphatic heterocycles. The van der Waals surface area contributed by atoms with Gasteiger partial charge in [0, 0.05) is 49.7 Å². The lowest BCUT2D eigenvalue weighted by Crippen LogP contribution is -2.44. The molecule has 0 spiro atoms. The zero-order chi connectivity index (χ0) is 26.6. The van der Waals surface area contributed by atoms with Crippen LogP contribution in [0.25, 0.3) is 0 Å². The predicted octanol–water partition coefficient (Wildman–Crippen LogP) is 6.01. The number of hydrogen-bond donors (Lipinski definition) is 2. The second-order valence-corrected chi connectivity index (χ2v) is 12.7. The lowest BCUT2D eigenvalue weighted by atomic mass is 10.0. The van der Waals surface area contributed by atoms with E-state index in [-0.39, 0.29) is 7.92 Å². The Bertz CT molecular complexity index is 1260. The Morgan fingerprint density at radius 3 is 2.53 bits per heavy atom. The number of benzene rings is 2. The minimum absolute atomic E-state index is 0.295. The molecule has 202 valence electrons. The third-order valence-corrected chi connectivity index (χ3v) is 8.95. The Balaban J connectivity index is 1.27. The third-order valence-electron chi connectivity index (χ3n) is 7.32. The van der Waals surface area contributed by atoms with Crippen LogP contribution in [0.4, 0.5) is 33.2 Å². The number of anilines is 5. The second-order valence-electron chi connectivity index (χ2n) is 10.0. The number of hydrogen-bond acceptors (Lipinski definition) is 7. The number of methoxy groups -OCH3 is 1. The zero-order valence-corrected chi connectivity index (χ0v) is 23.8. The molecule has 0 bridgehead atoms. The van der Waals surface area contributed by atoms with Gasteiger partial charge in [-0.1, -0.05) is 37.7 Å². The first-order valence-corrected chi connectivity index (χ1v) is 15.7. The van der Waals surface area contributed by atoms with Gasteiger partial charge in [0.1, 0.15) is 16.9 Å². The summed E-state index contributed by atoms with van der Waals surface area (Å²) in [6.45, 7) is 7.81. The van der Waals surface area contributed by atoms with Gasteiger partial charge in [0.15, 0.2) is 5.82 Å². The maximum atomic E-state index is 13.6. The summed E-state index contributed by atoms with van der Waals surface area (Å²) < 4.78 is 19.4. The van der Waals surface area contributed by atoms with E-state index in [0.717, 1.165) is 49.5 Å².